The van der Waals surface area contributed by atoms with Crippen molar-refractivity contribution in [3.05, 3.63) is 35.4 Å². The van der Waals surface area contributed by atoms with E-state index in [1.165, 1.54) is 0 Å². The monoisotopic (exact) mass is 294 g/mol. The van der Waals surface area contributed by atoms with Crippen molar-refractivity contribution in [3.8, 4) is 0 Å². The summed E-state index contributed by atoms with van der Waals surface area (Å²) in [6.07, 6.45) is 0. The number of halogens is 2. The van der Waals surface area contributed by atoms with Gasteiger partial charge in [-0.2, -0.15) is 0 Å². The third-order valence-electron chi connectivity index (χ3n) is 2.30. The molecule has 0 radical (unpaired) electrons. The van der Waals surface area contributed by atoms with Crippen molar-refractivity contribution in [2.45, 2.75) is 6.54 Å². The zero-order chi connectivity index (χ0) is 12.0. The van der Waals surface area contributed by atoms with Crippen molar-refractivity contribution in [1.29, 1.82) is 0 Å². The molecule has 6 heteroatoms. The molecule has 1 aromatic carbocycles. The number of nitrogens with one attached hydrogen (secondary N) is 1. The summed E-state index contributed by atoms with van der Waals surface area (Å²) >= 11 is 0. The zero-order valence-corrected chi connectivity index (χ0v) is 12.2. The van der Waals surface area contributed by atoms with Crippen LogP contribution in [0.5, 0.6) is 0 Å². The van der Waals surface area contributed by atoms with Gasteiger partial charge >= 0.3 is 5.97 Å². The predicted molar refractivity (Wildman–Crippen MR) is 78.2 cm³/mol. The maximum atomic E-state index is 10.9. The number of carboxylic acid groups (broad SMARTS) is 1. The van der Waals surface area contributed by atoms with Gasteiger partial charge in [-0.05, 0) is 25.7 Å². The van der Waals surface area contributed by atoms with Gasteiger partial charge in [0.05, 0.1) is 5.56 Å². The van der Waals surface area contributed by atoms with E-state index in [2.05, 4.69) is 10.2 Å². The summed E-state index contributed by atoms with van der Waals surface area (Å²) < 4.78 is 0. The minimum atomic E-state index is -0.870. The Balaban J connectivity index is 0. The summed E-state index contributed by atoms with van der Waals surface area (Å²) in [5, 5.41) is 12.2. The number of benzene rings is 1. The second-order valence-corrected chi connectivity index (χ2v) is 3.94. The van der Waals surface area contributed by atoms with Crippen LogP contribution < -0.4 is 5.32 Å². The Kier molecular flexibility index (Phi) is 11.0. The minimum Gasteiger partial charge on any atom is -0.478 e. The van der Waals surface area contributed by atoms with Gasteiger partial charge in [-0.3, -0.25) is 0 Å². The van der Waals surface area contributed by atoms with Gasteiger partial charge in [-0.25, -0.2) is 4.79 Å². The normalized spacial score (nSPS) is 9.50. The lowest BCUT2D eigenvalue weighted by Gasteiger charge is -2.11. The van der Waals surface area contributed by atoms with Crippen molar-refractivity contribution in [2.24, 2.45) is 0 Å². The highest BCUT2D eigenvalue weighted by Crippen LogP contribution is 2.07. The van der Waals surface area contributed by atoms with Gasteiger partial charge < -0.3 is 15.3 Å². The summed E-state index contributed by atoms with van der Waals surface area (Å²) in [6, 6.07) is 7.07. The highest BCUT2D eigenvalue weighted by Gasteiger charge is 2.07. The number of carboxylic acids is 1. The first-order valence-corrected chi connectivity index (χ1v) is 5.28. The first kappa shape index (κ1) is 19.5. The topological polar surface area (TPSA) is 52.6 Å². The van der Waals surface area contributed by atoms with Crippen molar-refractivity contribution < 1.29 is 9.90 Å². The van der Waals surface area contributed by atoms with Gasteiger partial charge in [0.2, 0.25) is 0 Å². The molecule has 0 spiro atoms. The molecule has 0 unspecified atom stereocenters. The van der Waals surface area contributed by atoms with Crippen LogP contribution in [0.25, 0.3) is 0 Å². The summed E-state index contributed by atoms with van der Waals surface area (Å²) in [4.78, 5) is 13.0. The fourth-order valence-corrected chi connectivity index (χ4v) is 1.41. The summed E-state index contributed by atoms with van der Waals surface area (Å²) in [5.74, 6) is -0.870. The van der Waals surface area contributed by atoms with Crippen LogP contribution in [0.2, 0.25) is 0 Å². The van der Waals surface area contributed by atoms with E-state index in [1.807, 2.05) is 26.2 Å². The van der Waals surface area contributed by atoms with Gasteiger partial charge in [0.1, 0.15) is 0 Å². The average molecular weight is 295 g/mol. The highest BCUT2D eigenvalue weighted by molar-refractivity contribution is 5.89. The van der Waals surface area contributed by atoms with Gasteiger partial charge in [0, 0.05) is 19.6 Å². The average Bonchev–Trinajstić information content (AvgIpc) is 2.24. The lowest BCUT2D eigenvalue weighted by atomic mass is 10.1. The maximum Gasteiger partial charge on any atom is 0.336 e. The summed E-state index contributed by atoms with van der Waals surface area (Å²) in [6.45, 7) is 2.38. The summed E-state index contributed by atoms with van der Waals surface area (Å²) in [7, 11) is 4.01. The molecule has 0 amide bonds. The van der Waals surface area contributed by atoms with Crippen molar-refractivity contribution >= 4 is 30.8 Å². The molecule has 4 nitrogen and oxygen atoms in total. The standard InChI is InChI=1S/C12H18N2O2.2ClH/c1-14(2)8-7-13-9-10-5-3-4-6-11(10)12(15)16;;/h3-6,13H,7-9H2,1-2H3,(H,15,16);2*1H. The Bertz CT molecular complexity index is 360. The van der Waals surface area contributed by atoms with Crippen molar-refractivity contribution in [2.75, 3.05) is 27.2 Å². The molecular weight excluding hydrogens is 275 g/mol. The molecule has 104 valence electrons. The molecule has 1 rings (SSSR count). The zero-order valence-electron chi connectivity index (χ0n) is 10.5. The van der Waals surface area contributed by atoms with Crippen LogP contribution in [-0.4, -0.2) is 43.2 Å². The van der Waals surface area contributed by atoms with Crippen molar-refractivity contribution in [1.82, 2.24) is 10.2 Å². The van der Waals surface area contributed by atoms with E-state index in [4.69, 9.17) is 5.11 Å². The molecule has 2 N–H and O–H groups in total. The van der Waals surface area contributed by atoms with E-state index >= 15 is 0 Å². The number of rotatable bonds is 6. The van der Waals surface area contributed by atoms with Crippen LogP contribution in [0.1, 0.15) is 15.9 Å². The van der Waals surface area contributed by atoms with Crippen LogP contribution in [-0.2, 0) is 6.54 Å². The van der Waals surface area contributed by atoms with Crippen LogP contribution in [0.15, 0.2) is 24.3 Å². The first-order valence-electron chi connectivity index (χ1n) is 5.28. The number of hydrogen-bond acceptors (Lipinski definition) is 3. The second-order valence-electron chi connectivity index (χ2n) is 3.94. The van der Waals surface area contributed by atoms with E-state index in [9.17, 15) is 4.79 Å². The molecule has 0 bridgehead atoms. The van der Waals surface area contributed by atoms with E-state index in [0.717, 1.165) is 18.7 Å². The Labute approximate surface area is 120 Å². The number of aromatic carboxylic acids is 1. The third-order valence-corrected chi connectivity index (χ3v) is 2.30. The molecule has 0 aromatic heterocycles. The molecule has 0 aliphatic rings. The first-order chi connectivity index (χ1) is 7.61. The Hall–Kier alpha value is -0.810. The lowest BCUT2D eigenvalue weighted by Crippen LogP contribution is -2.26. The molecule has 0 saturated carbocycles. The van der Waals surface area contributed by atoms with Crippen LogP contribution in [0, 0.1) is 0 Å². The lowest BCUT2D eigenvalue weighted by molar-refractivity contribution is 0.0695. The fourth-order valence-electron chi connectivity index (χ4n) is 1.41. The van der Waals surface area contributed by atoms with Crippen molar-refractivity contribution in [3.63, 3.8) is 0 Å². The van der Waals surface area contributed by atoms with Gasteiger partial charge in [-0.1, -0.05) is 18.2 Å². The van der Waals surface area contributed by atoms with Gasteiger partial charge in [0.15, 0.2) is 0 Å². The Morgan fingerprint density at radius 1 is 1.28 bits per heavy atom. The molecule has 0 aliphatic heterocycles. The predicted octanol–water partition coefficient (Wildman–Crippen LogP) is 1.88. The molecule has 0 fully saturated rings. The maximum absolute atomic E-state index is 10.9. The SMILES string of the molecule is CN(C)CCNCc1ccccc1C(=O)O.Cl.Cl. The molecule has 0 atom stereocenters. The highest BCUT2D eigenvalue weighted by atomic mass is 35.5. The largest absolute Gasteiger partial charge is 0.478 e. The molecule has 1 aromatic rings. The molecule has 18 heavy (non-hydrogen) atoms. The Morgan fingerprint density at radius 3 is 2.44 bits per heavy atom. The minimum absolute atomic E-state index is 0. The van der Waals surface area contributed by atoms with E-state index in [0.29, 0.717) is 12.1 Å². The summed E-state index contributed by atoms with van der Waals surface area (Å²) in [5.41, 5.74) is 1.20. The van der Waals surface area contributed by atoms with Crippen LogP contribution in [0.3, 0.4) is 0 Å². The quantitative estimate of drug-likeness (QED) is 0.787. The van der Waals surface area contributed by atoms with E-state index in [1.54, 1.807) is 12.1 Å². The smallest absolute Gasteiger partial charge is 0.336 e. The second kappa shape index (κ2) is 10.1. The number of nitrogens with zero attached hydrogens (tertiary/aromatic N) is 1. The molecular formula is C12H20Cl2N2O2. The van der Waals surface area contributed by atoms with Crippen LogP contribution in [0.4, 0.5) is 0 Å². The van der Waals surface area contributed by atoms with E-state index in [-0.39, 0.29) is 24.8 Å². The third kappa shape index (κ3) is 6.81. The molecule has 0 saturated heterocycles. The van der Waals surface area contributed by atoms with Gasteiger partial charge in [0.25, 0.3) is 0 Å². The van der Waals surface area contributed by atoms with Crippen LogP contribution >= 0.6 is 24.8 Å². The number of hydrogen-bond donors (Lipinski definition) is 2. The van der Waals surface area contributed by atoms with Gasteiger partial charge in [-0.15, -0.1) is 24.8 Å². The number of carbonyl (C=O) groups is 1. The Morgan fingerprint density at radius 2 is 1.89 bits per heavy atom. The molecule has 0 heterocycles. The van der Waals surface area contributed by atoms with E-state index < -0.39 is 5.97 Å². The number of likely N-dealkylation sites (N-methyl/N-ethyl adjacent to an activating group) is 1. The fraction of sp³-hybridized carbons (Fsp3) is 0.417. The molecule has 0 aliphatic carbocycles.